The smallest absolute Gasteiger partial charge is 0.416 e. The van der Waals surface area contributed by atoms with Gasteiger partial charge in [-0.25, -0.2) is 0 Å². The van der Waals surface area contributed by atoms with E-state index < -0.39 is 29.5 Å². The van der Waals surface area contributed by atoms with Crippen molar-refractivity contribution in [1.29, 1.82) is 0 Å². The molecule has 3 rings (SSSR count). The molecule has 2 aliphatic heterocycles. The van der Waals surface area contributed by atoms with Gasteiger partial charge in [0, 0.05) is 32.6 Å². The zero-order valence-corrected chi connectivity index (χ0v) is 14.4. The van der Waals surface area contributed by atoms with E-state index in [1.165, 1.54) is 21.9 Å². The fourth-order valence-electron chi connectivity index (χ4n) is 3.58. The Labute approximate surface area is 153 Å². The average Bonchev–Trinajstić information content (AvgIpc) is 3.22. The number of hydrogen-bond donors (Lipinski definition) is 1. The van der Waals surface area contributed by atoms with Crippen LogP contribution in [0.2, 0.25) is 0 Å². The van der Waals surface area contributed by atoms with E-state index in [9.17, 15) is 27.6 Å². The van der Waals surface area contributed by atoms with Gasteiger partial charge >= 0.3 is 12.1 Å². The number of hydrogen-bond acceptors (Lipinski definition) is 3. The van der Waals surface area contributed by atoms with Crippen molar-refractivity contribution < 1.29 is 32.7 Å². The topological polar surface area (TPSA) is 77.9 Å². The summed E-state index contributed by atoms with van der Waals surface area (Å²) in [6.45, 7) is 0.604. The highest BCUT2D eigenvalue weighted by atomic mass is 19.4. The maximum Gasteiger partial charge on any atom is 0.416 e. The molecule has 146 valence electrons. The molecule has 1 aromatic carbocycles. The molecule has 2 heterocycles. The van der Waals surface area contributed by atoms with Crippen LogP contribution in [0.5, 0.6) is 0 Å². The molecular weight excluding hydrogens is 365 g/mol. The molecule has 0 radical (unpaired) electrons. The van der Waals surface area contributed by atoms with E-state index in [2.05, 4.69) is 0 Å². The lowest BCUT2D eigenvalue weighted by molar-refractivity contribution is -0.142. The summed E-state index contributed by atoms with van der Waals surface area (Å²) in [5, 5.41) is 9.03. The average molecular weight is 384 g/mol. The SMILES string of the molecule is O=C(O)[C@@H]1CCN(C(=O)[C@@H]2CC(=O)N(Cc3cccc(C(F)(F)F)c3)C2)C1. The molecule has 0 spiro atoms. The van der Waals surface area contributed by atoms with E-state index in [1.54, 1.807) is 0 Å². The van der Waals surface area contributed by atoms with Gasteiger partial charge in [-0.2, -0.15) is 13.2 Å². The number of rotatable bonds is 4. The second-order valence-electron chi connectivity index (χ2n) is 6.98. The molecule has 0 aliphatic carbocycles. The molecule has 9 heteroatoms. The predicted molar refractivity (Wildman–Crippen MR) is 87.3 cm³/mol. The lowest BCUT2D eigenvalue weighted by Gasteiger charge is -2.21. The van der Waals surface area contributed by atoms with E-state index in [1.807, 2.05) is 0 Å². The van der Waals surface area contributed by atoms with Crippen molar-refractivity contribution >= 4 is 17.8 Å². The van der Waals surface area contributed by atoms with Crippen molar-refractivity contribution in [1.82, 2.24) is 9.80 Å². The Bertz CT molecular complexity index is 765. The minimum atomic E-state index is -4.46. The second kappa shape index (κ2) is 7.21. The first-order chi connectivity index (χ1) is 12.6. The highest BCUT2D eigenvalue weighted by Crippen LogP contribution is 2.31. The Balaban J connectivity index is 1.63. The third-order valence-electron chi connectivity index (χ3n) is 5.04. The summed E-state index contributed by atoms with van der Waals surface area (Å²) in [6.07, 6.45) is -4.08. The molecular formula is C18H19F3N2O4. The number of carbonyl (C=O) groups is 3. The lowest BCUT2D eigenvalue weighted by Crippen LogP contribution is -2.36. The Hall–Kier alpha value is -2.58. The first kappa shape index (κ1) is 19.2. The maximum atomic E-state index is 12.8. The molecule has 0 unspecified atom stereocenters. The maximum absolute atomic E-state index is 12.8. The predicted octanol–water partition coefficient (Wildman–Crippen LogP) is 1.99. The van der Waals surface area contributed by atoms with Gasteiger partial charge in [0.1, 0.15) is 0 Å². The van der Waals surface area contributed by atoms with E-state index in [0.29, 0.717) is 18.5 Å². The molecule has 27 heavy (non-hydrogen) atoms. The number of aliphatic carboxylic acids is 1. The van der Waals surface area contributed by atoms with Crippen LogP contribution in [0.15, 0.2) is 24.3 Å². The van der Waals surface area contributed by atoms with Gasteiger partial charge in [-0.3, -0.25) is 14.4 Å². The summed E-state index contributed by atoms with van der Waals surface area (Å²) < 4.78 is 38.4. The molecule has 2 fully saturated rings. The Morgan fingerprint density at radius 1 is 1.19 bits per heavy atom. The summed E-state index contributed by atoms with van der Waals surface area (Å²) in [5.74, 6) is -2.68. The van der Waals surface area contributed by atoms with Crippen molar-refractivity contribution in [2.24, 2.45) is 11.8 Å². The number of carboxylic acids is 1. The molecule has 2 atom stereocenters. The Morgan fingerprint density at radius 2 is 1.93 bits per heavy atom. The number of nitrogens with zero attached hydrogens (tertiary/aromatic N) is 2. The molecule has 2 amide bonds. The first-order valence-corrected chi connectivity index (χ1v) is 8.60. The number of benzene rings is 1. The largest absolute Gasteiger partial charge is 0.481 e. The normalized spacial score (nSPS) is 23.1. The van der Waals surface area contributed by atoms with Crippen molar-refractivity contribution in [3.05, 3.63) is 35.4 Å². The van der Waals surface area contributed by atoms with Gasteiger partial charge in [-0.15, -0.1) is 0 Å². The van der Waals surface area contributed by atoms with Gasteiger partial charge in [-0.05, 0) is 24.1 Å². The fourth-order valence-corrected chi connectivity index (χ4v) is 3.58. The zero-order chi connectivity index (χ0) is 19.8. The minimum absolute atomic E-state index is 0.00425. The van der Waals surface area contributed by atoms with Crippen LogP contribution in [-0.2, 0) is 27.1 Å². The molecule has 1 N–H and O–H groups in total. The fraction of sp³-hybridized carbons (Fsp3) is 0.500. The van der Waals surface area contributed by atoms with Crippen molar-refractivity contribution in [3.63, 3.8) is 0 Å². The number of alkyl halides is 3. The molecule has 1 aromatic rings. The lowest BCUT2D eigenvalue weighted by atomic mass is 10.1. The van der Waals surface area contributed by atoms with Crippen LogP contribution in [0.3, 0.4) is 0 Å². The highest BCUT2D eigenvalue weighted by molar-refractivity contribution is 5.89. The van der Waals surface area contributed by atoms with Gasteiger partial charge < -0.3 is 14.9 Å². The number of likely N-dealkylation sites (tertiary alicyclic amines) is 2. The van der Waals surface area contributed by atoms with E-state index in [-0.39, 0.29) is 37.9 Å². The summed E-state index contributed by atoms with van der Waals surface area (Å²) in [4.78, 5) is 38.6. The quantitative estimate of drug-likeness (QED) is 0.861. The third kappa shape index (κ3) is 4.23. The van der Waals surface area contributed by atoms with Crippen LogP contribution in [0, 0.1) is 11.8 Å². The highest BCUT2D eigenvalue weighted by Gasteiger charge is 2.40. The molecule has 2 aliphatic rings. The van der Waals surface area contributed by atoms with Crippen LogP contribution in [0.25, 0.3) is 0 Å². The van der Waals surface area contributed by atoms with Gasteiger partial charge in [0.2, 0.25) is 11.8 Å². The molecule has 2 saturated heterocycles. The van der Waals surface area contributed by atoms with Gasteiger partial charge in [0.25, 0.3) is 0 Å². The van der Waals surface area contributed by atoms with Crippen LogP contribution < -0.4 is 0 Å². The number of carbonyl (C=O) groups excluding carboxylic acids is 2. The van der Waals surface area contributed by atoms with Crippen molar-refractivity contribution in [2.45, 2.75) is 25.6 Å². The monoisotopic (exact) mass is 384 g/mol. The third-order valence-corrected chi connectivity index (χ3v) is 5.04. The summed E-state index contributed by atoms with van der Waals surface area (Å²) in [7, 11) is 0. The van der Waals surface area contributed by atoms with E-state index in [0.717, 1.165) is 12.1 Å². The molecule has 0 aromatic heterocycles. The van der Waals surface area contributed by atoms with Crippen LogP contribution in [0.4, 0.5) is 13.2 Å². The number of amides is 2. The van der Waals surface area contributed by atoms with Gasteiger partial charge in [-0.1, -0.05) is 12.1 Å². The number of carboxylic acid groups (broad SMARTS) is 1. The Kier molecular flexibility index (Phi) is 5.12. The summed E-state index contributed by atoms with van der Waals surface area (Å²) in [5.41, 5.74) is -0.436. The van der Waals surface area contributed by atoms with Gasteiger partial charge in [0.15, 0.2) is 0 Å². The molecule has 0 saturated carbocycles. The van der Waals surface area contributed by atoms with Crippen LogP contribution in [0.1, 0.15) is 24.0 Å². The van der Waals surface area contributed by atoms with Gasteiger partial charge in [0.05, 0.1) is 17.4 Å². The minimum Gasteiger partial charge on any atom is -0.481 e. The van der Waals surface area contributed by atoms with E-state index in [4.69, 9.17) is 5.11 Å². The van der Waals surface area contributed by atoms with Crippen molar-refractivity contribution in [2.75, 3.05) is 19.6 Å². The number of halogens is 3. The molecule has 0 bridgehead atoms. The van der Waals surface area contributed by atoms with E-state index >= 15 is 0 Å². The Morgan fingerprint density at radius 3 is 2.56 bits per heavy atom. The second-order valence-corrected chi connectivity index (χ2v) is 6.98. The first-order valence-electron chi connectivity index (χ1n) is 8.60. The zero-order valence-electron chi connectivity index (χ0n) is 14.4. The summed E-state index contributed by atoms with van der Waals surface area (Å²) >= 11 is 0. The van der Waals surface area contributed by atoms with Crippen molar-refractivity contribution in [3.8, 4) is 0 Å². The standard InChI is InChI=1S/C18H19F3N2O4/c19-18(20,21)14-3-1-2-11(6-14)8-23-10-13(7-15(23)24)16(25)22-5-4-12(9-22)17(26)27/h1-3,6,12-13H,4-5,7-10H2,(H,26,27)/t12-,13-/m1/s1. The summed E-state index contributed by atoms with van der Waals surface area (Å²) in [6, 6.07) is 4.77. The van der Waals surface area contributed by atoms with Crippen LogP contribution in [-0.4, -0.2) is 52.3 Å². The van der Waals surface area contributed by atoms with Crippen LogP contribution >= 0.6 is 0 Å². The molecule has 6 nitrogen and oxygen atoms in total.